The Morgan fingerprint density at radius 2 is 2.09 bits per heavy atom. The zero-order valence-corrected chi connectivity index (χ0v) is 19.4. The number of anilines is 1. The largest absolute Gasteiger partial charge is 0.507 e. The van der Waals surface area contributed by atoms with Gasteiger partial charge < -0.3 is 15.3 Å². The van der Waals surface area contributed by atoms with Gasteiger partial charge in [0, 0.05) is 36.8 Å². The molecule has 5 rings (SSSR count). The van der Waals surface area contributed by atoms with Gasteiger partial charge in [0.15, 0.2) is 11.6 Å². The Hall–Kier alpha value is -3.40. The van der Waals surface area contributed by atoms with Crippen molar-refractivity contribution in [1.29, 1.82) is 0 Å². The predicted octanol–water partition coefficient (Wildman–Crippen LogP) is 2.45. The molecular formula is C24H28FN7O2. The van der Waals surface area contributed by atoms with Crippen molar-refractivity contribution in [1.82, 2.24) is 30.0 Å². The fourth-order valence-corrected chi connectivity index (χ4v) is 5.14. The number of benzene rings is 1. The van der Waals surface area contributed by atoms with Crippen molar-refractivity contribution in [2.24, 2.45) is 7.05 Å². The fourth-order valence-electron chi connectivity index (χ4n) is 5.14. The lowest BCUT2D eigenvalue weighted by atomic mass is 9.74. The second kappa shape index (κ2) is 8.43. The molecule has 2 saturated heterocycles. The van der Waals surface area contributed by atoms with E-state index in [1.807, 2.05) is 11.9 Å². The van der Waals surface area contributed by atoms with Crippen LogP contribution in [0.15, 0.2) is 41.5 Å². The molecule has 0 aliphatic carbocycles. The second-order valence-corrected chi connectivity index (χ2v) is 9.61. The van der Waals surface area contributed by atoms with E-state index < -0.39 is 11.9 Å². The predicted molar refractivity (Wildman–Crippen MR) is 126 cm³/mol. The van der Waals surface area contributed by atoms with Gasteiger partial charge in [-0.2, -0.15) is 4.98 Å². The number of hydrogen-bond acceptors (Lipinski definition) is 8. The van der Waals surface area contributed by atoms with E-state index in [-0.39, 0.29) is 29.2 Å². The van der Waals surface area contributed by atoms with E-state index in [2.05, 4.69) is 32.4 Å². The van der Waals surface area contributed by atoms with Gasteiger partial charge in [-0.3, -0.25) is 4.57 Å². The van der Waals surface area contributed by atoms with Crippen molar-refractivity contribution >= 4 is 5.82 Å². The first kappa shape index (κ1) is 22.4. The number of phenolic OH excluding ortho intramolecular Hbond substituents is 1. The maximum absolute atomic E-state index is 15.2. The van der Waals surface area contributed by atoms with Crippen molar-refractivity contribution in [3.05, 3.63) is 47.1 Å². The third-order valence-corrected chi connectivity index (χ3v) is 7.09. The maximum Gasteiger partial charge on any atom is 0.350 e. The molecule has 1 unspecified atom stereocenters. The van der Waals surface area contributed by atoms with Crippen LogP contribution in [0.3, 0.4) is 0 Å². The molecule has 9 nitrogen and oxygen atoms in total. The number of alkyl halides is 1. The maximum atomic E-state index is 15.2. The topological polar surface area (TPSA) is 109 Å². The Balaban J connectivity index is 1.37. The van der Waals surface area contributed by atoms with Gasteiger partial charge in [-0.15, -0.1) is 10.2 Å². The van der Waals surface area contributed by atoms with Crippen LogP contribution in [0.2, 0.25) is 0 Å². The van der Waals surface area contributed by atoms with Gasteiger partial charge in [0.05, 0.1) is 11.7 Å². The summed E-state index contributed by atoms with van der Waals surface area (Å²) in [4.78, 5) is 21.7. The highest BCUT2D eigenvalue weighted by Gasteiger charge is 2.47. The third-order valence-electron chi connectivity index (χ3n) is 7.09. The minimum Gasteiger partial charge on any atom is -0.507 e. The molecule has 2 aliphatic rings. The van der Waals surface area contributed by atoms with E-state index in [9.17, 15) is 9.90 Å². The third kappa shape index (κ3) is 4.02. The first-order valence-electron chi connectivity index (χ1n) is 11.5. The SMILES string of the molecule is CN(c1ccc(-c2ccc(-c3ncn(C)c(=O)n3)cc2O)nn1)[C@@H]1C[C@@]2(C)CCCC(N2)[C@@H]1F. The van der Waals surface area contributed by atoms with Gasteiger partial charge in [0.25, 0.3) is 0 Å². The molecule has 178 valence electrons. The van der Waals surface area contributed by atoms with Gasteiger partial charge in [-0.1, -0.05) is 6.07 Å². The highest BCUT2D eigenvalue weighted by Crippen LogP contribution is 2.38. The van der Waals surface area contributed by atoms with Crippen molar-refractivity contribution in [2.45, 2.75) is 56.4 Å². The smallest absolute Gasteiger partial charge is 0.350 e. The number of nitrogens with zero attached hydrogens (tertiary/aromatic N) is 6. The van der Waals surface area contributed by atoms with Crippen LogP contribution in [0.4, 0.5) is 10.2 Å². The van der Waals surface area contributed by atoms with Crippen LogP contribution in [-0.2, 0) is 7.05 Å². The Morgan fingerprint density at radius 1 is 1.26 bits per heavy atom. The van der Waals surface area contributed by atoms with E-state index in [0.29, 0.717) is 29.1 Å². The first-order valence-corrected chi connectivity index (χ1v) is 11.5. The number of aryl methyl sites for hydroxylation is 1. The molecule has 10 heteroatoms. The molecule has 0 spiro atoms. The number of fused-ring (bicyclic) bond motifs is 2. The molecule has 34 heavy (non-hydrogen) atoms. The summed E-state index contributed by atoms with van der Waals surface area (Å²) in [5.41, 5.74) is 1.000. The van der Waals surface area contributed by atoms with E-state index >= 15 is 4.39 Å². The summed E-state index contributed by atoms with van der Waals surface area (Å²) < 4.78 is 16.5. The molecule has 4 atom stereocenters. The van der Waals surface area contributed by atoms with Crippen LogP contribution in [0.25, 0.3) is 22.6 Å². The van der Waals surface area contributed by atoms with Crippen molar-refractivity contribution in [3.63, 3.8) is 0 Å². The number of hydrogen-bond donors (Lipinski definition) is 2. The molecule has 2 fully saturated rings. The van der Waals surface area contributed by atoms with Crippen molar-refractivity contribution in [3.8, 4) is 28.4 Å². The molecule has 4 heterocycles. The second-order valence-electron chi connectivity index (χ2n) is 9.61. The number of aromatic nitrogens is 5. The van der Waals surface area contributed by atoms with Crippen LogP contribution in [0, 0.1) is 0 Å². The Bertz CT molecular complexity index is 1260. The summed E-state index contributed by atoms with van der Waals surface area (Å²) >= 11 is 0. The lowest BCUT2D eigenvalue weighted by Crippen LogP contribution is -2.66. The summed E-state index contributed by atoms with van der Waals surface area (Å²) in [6, 6.07) is 8.05. The minimum atomic E-state index is -0.978. The highest BCUT2D eigenvalue weighted by molar-refractivity contribution is 5.72. The lowest BCUT2D eigenvalue weighted by molar-refractivity contribution is 0.0607. The Morgan fingerprint density at radius 3 is 2.79 bits per heavy atom. The van der Waals surface area contributed by atoms with Crippen molar-refractivity contribution in [2.75, 3.05) is 11.9 Å². The van der Waals surface area contributed by atoms with Crippen LogP contribution in [-0.4, -0.2) is 60.7 Å². The lowest BCUT2D eigenvalue weighted by Gasteiger charge is -2.51. The summed E-state index contributed by atoms with van der Waals surface area (Å²) in [5, 5.41) is 22.7. The molecular weight excluding hydrogens is 437 g/mol. The number of halogens is 1. The average Bonchev–Trinajstić information content (AvgIpc) is 2.83. The van der Waals surface area contributed by atoms with Gasteiger partial charge in [-0.05, 0) is 56.9 Å². The summed E-state index contributed by atoms with van der Waals surface area (Å²) in [6.45, 7) is 2.17. The van der Waals surface area contributed by atoms with Crippen LogP contribution < -0.4 is 15.9 Å². The van der Waals surface area contributed by atoms with E-state index in [1.54, 1.807) is 31.3 Å². The monoisotopic (exact) mass is 465 g/mol. The van der Waals surface area contributed by atoms with Gasteiger partial charge in [0.1, 0.15) is 18.2 Å². The van der Waals surface area contributed by atoms with Crippen LogP contribution in [0.1, 0.15) is 32.6 Å². The molecule has 2 aromatic heterocycles. The number of phenols is 1. The molecule has 0 amide bonds. The molecule has 2 bridgehead atoms. The fraction of sp³-hybridized carbons (Fsp3) is 0.458. The number of nitrogens with one attached hydrogen (secondary N) is 1. The number of rotatable bonds is 4. The summed E-state index contributed by atoms with van der Waals surface area (Å²) in [7, 11) is 3.43. The van der Waals surface area contributed by atoms with Gasteiger partial charge in [-0.25, -0.2) is 14.2 Å². The summed E-state index contributed by atoms with van der Waals surface area (Å²) in [5.74, 6) is 0.791. The van der Waals surface area contributed by atoms with E-state index in [1.165, 1.54) is 17.0 Å². The standard InChI is InChI=1S/C24H28FN7O2/c1-24-10-4-5-17(28-24)21(25)18(12-24)32(3)20-9-8-16(29-30-20)15-7-6-14(11-19(15)33)22-26-13-31(2)23(34)27-22/h6-9,11,13,17-18,21,28,33H,4-5,10,12H2,1-3H3/t17?,18-,21+,24-/m1/s1. The first-order chi connectivity index (χ1) is 16.2. The molecule has 0 radical (unpaired) electrons. The summed E-state index contributed by atoms with van der Waals surface area (Å²) in [6.07, 6.45) is 4.06. The van der Waals surface area contributed by atoms with Gasteiger partial charge >= 0.3 is 5.69 Å². The van der Waals surface area contributed by atoms with E-state index in [4.69, 9.17) is 0 Å². The molecule has 3 aromatic rings. The molecule has 2 N–H and O–H groups in total. The Labute approximate surface area is 196 Å². The quantitative estimate of drug-likeness (QED) is 0.605. The molecule has 1 aromatic carbocycles. The van der Waals surface area contributed by atoms with E-state index in [0.717, 1.165) is 19.3 Å². The van der Waals surface area contributed by atoms with Gasteiger partial charge in [0.2, 0.25) is 0 Å². The average molecular weight is 466 g/mol. The normalized spacial score (nSPS) is 26.3. The molecule has 2 aliphatic heterocycles. The zero-order valence-electron chi connectivity index (χ0n) is 19.4. The minimum absolute atomic E-state index is 0.0277. The number of aromatic hydroxyl groups is 1. The Kier molecular flexibility index (Phi) is 5.55. The van der Waals surface area contributed by atoms with Crippen molar-refractivity contribution < 1.29 is 9.50 Å². The van der Waals surface area contributed by atoms with Crippen LogP contribution >= 0.6 is 0 Å². The molecule has 0 saturated carbocycles. The highest BCUT2D eigenvalue weighted by atomic mass is 19.1. The number of piperidine rings is 2. The van der Waals surface area contributed by atoms with Crippen LogP contribution in [0.5, 0.6) is 5.75 Å². The zero-order chi connectivity index (χ0) is 24.0.